The van der Waals surface area contributed by atoms with Crippen molar-refractivity contribution >= 4 is 87.5 Å². The lowest BCUT2D eigenvalue weighted by atomic mass is 10.0. The molecule has 0 amide bonds. The molecule has 10 nitrogen and oxygen atoms in total. The highest BCUT2D eigenvalue weighted by molar-refractivity contribution is 6.21. The van der Waals surface area contributed by atoms with Crippen molar-refractivity contribution in [1.29, 1.82) is 0 Å². The average molecular weight is 1430 g/mol. The van der Waals surface area contributed by atoms with Gasteiger partial charge in [0, 0.05) is 87.8 Å². The summed E-state index contributed by atoms with van der Waals surface area (Å²) in [6.45, 7) is 0. The predicted molar refractivity (Wildman–Crippen MR) is 457 cm³/mol. The van der Waals surface area contributed by atoms with Crippen molar-refractivity contribution in [3.63, 3.8) is 0 Å². The molecule has 0 fully saturated rings. The molecule has 22 aromatic rings. The number of aromatic nitrogens is 8. The molecule has 0 radical (unpaired) electrons. The lowest BCUT2D eigenvalue weighted by Gasteiger charge is -2.11. The monoisotopic (exact) mass is 1430 g/mol. The zero-order valence-electron chi connectivity index (χ0n) is 60.3. The first-order valence-corrected chi connectivity index (χ1v) is 37.5. The molecule has 0 saturated carbocycles. The van der Waals surface area contributed by atoms with E-state index in [9.17, 15) is 0 Å². The van der Waals surface area contributed by atoms with Gasteiger partial charge >= 0.3 is 0 Å². The Morgan fingerprint density at radius 3 is 0.884 bits per heavy atom. The maximum Gasteiger partial charge on any atom is 0.164 e. The summed E-state index contributed by atoms with van der Waals surface area (Å²) in [5.74, 6) is 3.62. The standard InChI is InChI=1S/2C51H32N4O/c1-4-15-33(16-5-1)36-21-12-23-38(29-36)50-52-49(35-19-8-3-9-20-35)53-51(54-50)41-26-14-28-46-48(41)43-31-45-42(32-47(43)56-46)40-25-10-11-27-44(40)55(45)39-24-13-22-37(30-39)34-17-6-2-7-18-34;1-4-14-33(15-5-1)35-26-28-37(29-27-35)50-52-49(36-18-8-3-9-19-36)53-51(54-50)41-23-13-25-46-48(41)43-31-45-42(32-47(43)56-46)40-22-10-11-24-44(40)55(45)39-21-12-20-38(30-39)34-16-6-2-7-17-34/h2*1-32H. The van der Waals surface area contributed by atoms with E-state index in [4.69, 9.17) is 38.7 Å². The Balaban J connectivity index is 0.000000141. The van der Waals surface area contributed by atoms with Crippen molar-refractivity contribution in [2.24, 2.45) is 0 Å². The van der Waals surface area contributed by atoms with Crippen molar-refractivity contribution in [1.82, 2.24) is 39.0 Å². The van der Waals surface area contributed by atoms with Gasteiger partial charge in [0.1, 0.15) is 22.3 Å². The number of fused-ring (bicyclic) bond motifs is 12. The van der Waals surface area contributed by atoms with Gasteiger partial charge in [-0.1, -0.05) is 309 Å². The maximum atomic E-state index is 6.68. The van der Waals surface area contributed by atoms with Crippen LogP contribution in [0.15, 0.2) is 397 Å². The zero-order valence-corrected chi connectivity index (χ0v) is 60.3. The minimum atomic E-state index is 0.587. The van der Waals surface area contributed by atoms with E-state index in [0.29, 0.717) is 34.9 Å². The second-order valence-electron chi connectivity index (χ2n) is 28.1. The van der Waals surface area contributed by atoms with Gasteiger partial charge in [0.2, 0.25) is 0 Å². The topological polar surface area (TPSA) is 113 Å². The highest BCUT2D eigenvalue weighted by Gasteiger charge is 2.25. The number of hydrogen-bond donors (Lipinski definition) is 0. The van der Waals surface area contributed by atoms with Crippen LogP contribution >= 0.6 is 0 Å². The summed E-state index contributed by atoms with van der Waals surface area (Å²) in [5, 5.41) is 8.54. The molecule has 0 bridgehead atoms. The van der Waals surface area contributed by atoms with Gasteiger partial charge in [-0.15, -0.1) is 0 Å². The highest BCUT2D eigenvalue weighted by atomic mass is 16.3. The summed E-state index contributed by atoms with van der Waals surface area (Å²) in [4.78, 5) is 30.7. The third kappa shape index (κ3) is 11.7. The molecule has 6 heterocycles. The molecule has 0 aliphatic carbocycles. The first-order valence-electron chi connectivity index (χ1n) is 37.5. The summed E-state index contributed by atoms with van der Waals surface area (Å²) >= 11 is 0. The molecule has 0 atom stereocenters. The zero-order chi connectivity index (χ0) is 74.0. The lowest BCUT2D eigenvalue weighted by Crippen LogP contribution is -2.00. The third-order valence-electron chi connectivity index (χ3n) is 21.3. The predicted octanol–water partition coefficient (Wildman–Crippen LogP) is 26.4. The maximum absolute atomic E-state index is 6.68. The van der Waals surface area contributed by atoms with Crippen LogP contribution < -0.4 is 0 Å². The quantitative estimate of drug-likeness (QED) is 0.119. The van der Waals surface area contributed by atoms with Crippen LogP contribution in [0.2, 0.25) is 0 Å². The van der Waals surface area contributed by atoms with Crippen LogP contribution in [0, 0.1) is 0 Å². The second kappa shape index (κ2) is 27.5. The molecule has 22 rings (SSSR count). The number of hydrogen-bond acceptors (Lipinski definition) is 8. The fourth-order valence-electron chi connectivity index (χ4n) is 16.0. The SMILES string of the molecule is c1ccc(-c2ccc(-c3nc(-c4ccccc4)nc(-c4cccc5oc6cc7c8ccccc8n(-c8cccc(-c9ccccc9)c8)c7cc6c45)n3)cc2)cc1.c1ccc(-c2cccc(-c3nc(-c4ccccc4)nc(-c4cccc5oc6cc7c8ccccc8n(-c8cccc(-c9ccccc9)c8)c7cc6c45)n3)c2)cc1. The molecule has 0 unspecified atom stereocenters. The molecule has 16 aromatic carbocycles. The van der Waals surface area contributed by atoms with Gasteiger partial charge in [0.25, 0.3) is 0 Å². The van der Waals surface area contributed by atoms with Gasteiger partial charge in [-0.2, -0.15) is 0 Å². The van der Waals surface area contributed by atoms with E-state index in [-0.39, 0.29) is 0 Å². The van der Waals surface area contributed by atoms with Gasteiger partial charge < -0.3 is 18.0 Å². The van der Waals surface area contributed by atoms with E-state index in [1.807, 2.05) is 97.1 Å². The van der Waals surface area contributed by atoms with Crippen LogP contribution in [0.4, 0.5) is 0 Å². The molecule has 10 heteroatoms. The van der Waals surface area contributed by atoms with Crippen molar-refractivity contribution < 1.29 is 8.83 Å². The van der Waals surface area contributed by atoms with E-state index >= 15 is 0 Å². The molecule has 524 valence electrons. The molecule has 0 N–H and O–H groups in total. The molecule has 6 aromatic heterocycles. The van der Waals surface area contributed by atoms with Crippen molar-refractivity contribution in [2.45, 2.75) is 0 Å². The fraction of sp³-hybridized carbons (Fsp3) is 0. The molecule has 0 saturated heterocycles. The molecule has 0 aliphatic heterocycles. The van der Waals surface area contributed by atoms with Crippen LogP contribution in [-0.2, 0) is 0 Å². The van der Waals surface area contributed by atoms with Crippen LogP contribution in [0.5, 0.6) is 0 Å². The summed E-state index contributed by atoms with van der Waals surface area (Å²) in [5.41, 5.74) is 24.5. The molecular weight excluding hydrogens is 1370 g/mol. The van der Waals surface area contributed by atoms with Crippen LogP contribution in [-0.4, -0.2) is 39.0 Å². The molecule has 112 heavy (non-hydrogen) atoms. The Kier molecular flexibility index (Phi) is 16.0. The normalized spacial score (nSPS) is 11.6. The first-order chi connectivity index (χ1) is 55.5. The number of para-hydroxylation sites is 2. The largest absolute Gasteiger partial charge is 0.456 e. The summed E-state index contributed by atoms with van der Waals surface area (Å²) in [6, 6.07) is 135. The Labute approximate surface area is 643 Å². The number of furan rings is 2. The van der Waals surface area contributed by atoms with Crippen molar-refractivity contribution in [2.75, 3.05) is 0 Å². The van der Waals surface area contributed by atoms with Crippen LogP contribution in [0.25, 0.3) is 212 Å². The minimum Gasteiger partial charge on any atom is -0.456 e. The Bertz CT molecular complexity index is 7340. The number of rotatable bonds is 12. The second-order valence-corrected chi connectivity index (χ2v) is 28.1. The fourth-order valence-corrected chi connectivity index (χ4v) is 16.0. The van der Waals surface area contributed by atoms with Gasteiger partial charge in [-0.3, -0.25) is 0 Å². The van der Waals surface area contributed by atoms with Gasteiger partial charge in [-0.05, 0) is 123 Å². The van der Waals surface area contributed by atoms with E-state index in [1.165, 1.54) is 33.0 Å². The Morgan fingerprint density at radius 1 is 0.170 bits per heavy atom. The van der Waals surface area contributed by atoms with E-state index in [2.05, 4.69) is 300 Å². The van der Waals surface area contributed by atoms with E-state index in [1.54, 1.807) is 0 Å². The summed E-state index contributed by atoms with van der Waals surface area (Å²) in [7, 11) is 0. The van der Waals surface area contributed by atoms with Gasteiger partial charge in [0.15, 0.2) is 34.9 Å². The summed E-state index contributed by atoms with van der Waals surface area (Å²) in [6.07, 6.45) is 0. The van der Waals surface area contributed by atoms with Crippen LogP contribution in [0.1, 0.15) is 0 Å². The number of nitrogens with zero attached hydrogens (tertiary/aromatic N) is 8. The smallest absolute Gasteiger partial charge is 0.164 e. The number of benzene rings is 16. The molecular formula is C102H64N8O2. The van der Waals surface area contributed by atoms with E-state index < -0.39 is 0 Å². The molecule has 0 spiro atoms. The molecule has 0 aliphatic rings. The van der Waals surface area contributed by atoms with Crippen molar-refractivity contribution in [3.05, 3.63) is 388 Å². The Hall–Kier alpha value is -15.3. The van der Waals surface area contributed by atoms with Crippen molar-refractivity contribution in [3.8, 4) is 124 Å². The minimum absolute atomic E-state index is 0.587. The Morgan fingerprint density at radius 2 is 0.464 bits per heavy atom. The van der Waals surface area contributed by atoms with Gasteiger partial charge in [-0.25, -0.2) is 29.9 Å². The van der Waals surface area contributed by atoms with Crippen LogP contribution in [0.3, 0.4) is 0 Å². The van der Waals surface area contributed by atoms with Gasteiger partial charge in [0.05, 0.1) is 22.1 Å². The average Bonchev–Trinajstić information content (AvgIpc) is 1.57. The first kappa shape index (κ1) is 65.1. The highest BCUT2D eigenvalue weighted by Crippen LogP contribution is 2.45. The third-order valence-corrected chi connectivity index (χ3v) is 21.3. The van der Waals surface area contributed by atoms with E-state index in [0.717, 1.165) is 144 Å². The lowest BCUT2D eigenvalue weighted by molar-refractivity contribution is 0.669. The summed E-state index contributed by atoms with van der Waals surface area (Å²) < 4.78 is 18.1.